The largest absolute Gasteiger partial charge is 0.326 e. The van der Waals surface area contributed by atoms with Crippen LogP contribution >= 0.6 is 0 Å². The number of fused-ring (bicyclic) bond motifs is 1. The van der Waals surface area contributed by atoms with Crippen LogP contribution in [0.15, 0.2) is 61.2 Å². The molecule has 1 aliphatic rings. The molecular formula is C22H20FN7O. The first-order valence-corrected chi connectivity index (χ1v) is 9.98. The molecule has 9 heteroatoms. The molecule has 1 amide bonds. The van der Waals surface area contributed by atoms with Crippen LogP contribution in [0.25, 0.3) is 16.9 Å². The van der Waals surface area contributed by atoms with E-state index in [2.05, 4.69) is 25.4 Å². The number of amides is 1. The molecule has 0 unspecified atom stereocenters. The summed E-state index contributed by atoms with van der Waals surface area (Å²) in [7, 11) is 0. The SMILES string of the molecule is Cc1ccc(NC(=O)[C@@H]2C[C@H](F)CN2c2ncccn2)cc1-c1ncc2cccn2n1. The van der Waals surface area contributed by atoms with Crippen molar-refractivity contribution in [2.24, 2.45) is 0 Å². The fourth-order valence-corrected chi connectivity index (χ4v) is 3.82. The van der Waals surface area contributed by atoms with E-state index in [1.807, 2.05) is 43.5 Å². The third kappa shape index (κ3) is 3.70. The minimum Gasteiger partial charge on any atom is -0.326 e. The number of nitrogens with one attached hydrogen (secondary N) is 1. The van der Waals surface area contributed by atoms with Crippen LogP contribution in [0, 0.1) is 6.92 Å². The maximum Gasteiger partial charge on any atom is 0.247 e. The van der Waals surface area contributed by atoms with Gasteiger partial charge in [0.05, 0.1) is 18.3 Å². The molecule has 4 heterocycles. The first-order chi connectivity index (χ1) is 15.1. The van der Waals surface area contributed by atoms with Gasteiger partial charge in [0.25, 0.3) is 0 Å². The smallest absolute Gasteiger partial charge is 0.247 e. The van der Waals surface area contributed by atoms with Gasteiger partial charge < -0.3 is 10.2 Å². The summed E-state index contributed by atoms with van der Waals surface area (Å²) in [5.41, 5.74) is 3.29. The minimum absolute atomic E-state index is 0.0893. The Hall–Kier alpha value is -3.88. The third-order valence-corrected chi connectivity index (χ3v) is 5.39. The number of aryl methyl sites for hydroxylation is 1. The Morgan fingerprint density at radius 1 is 1.16 bits per heavy atom. The zero-order chi connectivity index (χ0) is 21.4. The molecule has 0 aliphatic carbocycles. The summed E-state index contributed by atoms with van der Waals surface area (Å²) < 4.78 is 15.9. The van der Waals surface area contributed by atoms with Crippen LogP contribution in [0.5, 0.6) is 0 Å². The Balaban J connectivity index is 1.40. The molecule has 4 aromatic rings. The van der Waals surface area contributed by atoms with Crippen LogP contribution in [0.4, 0.5) is 16.0 Å². The van der Waals surface area contributed by atoms with E-state index in [0.29, 0.717) is 17.5 Å². The van der Waals surface area contributed by atoms with Gasteiger partial charge in [-0.15, -0.1) is 5.10 Å². The van der Waals surface area contributed by atoms with Crippen LogP contribution in [-0.4, -0.2) is 49.2 Å². The first-order valence-electron chi connectivity index (χ1n) is 9.98. The molecule has 0 saturated carbocycles. The fraction of sp³-hybridized carbons (Fsp3) is 0.227. The van der Waals surface area contributed by atoms with Gasteiger partial charge in [0.15, 0.2) is 5.82 Å². The average molecular weight is 417 g/mol. The lowest BCUT2D eigenvalue weighted by atomic mass is 10.1. The molecule has 2 atom stereocenters. The second-order valence-corrected chi connectivity index (χ2v) is 7.53. The van der Waals surface area contributed by atoms with Crippen LogP contribution < -0.4 is 10.2 Å². The summed E-state index contributed by atoms with van der Waals surface area (Å²) in [4.78, 5) is 27.4. The Labute approximate surface area is 177 Å². The van der Waals surface area contributed by atoms with E-state index in [9.17, 15) is 9.18 Å². The number of carbonyl (C=O) groups is 1. The summed E-state index contributed by atoms with van der Waals surface area (Å²) >= 11 is 0. The molecule has 1 fully saturated rings. The summed E-state index contributed by atoms with van der Waals surface area (Å²) in [6.45, 7) is 2.05. The van der Waals surface area contributed by atoms with E-state index < -0.39 is 12.2 Å². The summed E-state index contributed by atoms with van der Waals surface area (Å²) in [5.74, 6) is 0.603. The van der Waals surface area contributed by atoms with Gasteiger partial charge in [-0.25, -0.2) is 23.9 Å². The minimum atomic E-state index is -1.12. The number of nitrogens with zero attached hydrogens (tertiary/aromatic N) is 6. The molecule has 1 aromatic carbocycles. The van der Waals surface area contributed by atoms with Crippen molar-refractivity contribution in [2.75, 3.05) is 16.8 Å². The Kier molecular flexibility index (Phi) is 4.78. The van der Waals surface area contributed by atoms with Gasteiger partial charge in [0.1, 0.15) is 12.2 Å². The number of rotatable bonds is 4. The highest BCUT2D eigenvalue weighted by Gasteiger charge is 2.38. The number of halogens is 1. The van der Waals surface area contributed by atoms with E-state index >= 15 is 0 Å². The predicted molar refractivity (Wildman–Crippen MR) is 114 cm³/mol. The zero-order valence-corrected chi connectivity index (χ0v) is 16.8. The molecule has 5 rings (SSSR count). The van der Waals surface area contributed by atoms with Crippen molar-refractivity contribution in [1.82, 2.24) is 24.6 Å². The van der Waals surface area contributed by atoms with Crippen LogP contribution in [-0.2, 0) is 4.79 Å². The van der Waals surface area contributed by atoms with E-state index in [4.69, 9.17) is 0 Å². The Bertz CT molecular complexity index is 1240. The highest BCUT2D eigenvalue weighted by atomic mass is 19.1. The van der Waals surface area contributed by atoms with Gasteiger partial charge in [-0.1, -0.05) is 6.07 Å². The maximum absolute atomic E-state index is 14.2. The molecule has 0 bridgehead atoms. The van der Waals surface area contributed by atoms with Gasteiger partial charge in [-0.05, 0) is 42.8 Å². The number of carbonyl (C=O) groups excluding carboxylic acids is 1. The topological polar surface area (TPSA) is 88.3 Å². The summed E-state index contributed by atoms with van der Waals surface area (Å²) in [5, 5.41) is 7.45. The number of hydrogen-bond donors (Lipinski definition) is 1. The Morgan fingerprint density at radius 3 is 2.84 bits per heavy atom. The van der Waals surface area contributed by atoms with Crippen LogP contribution in [0.3, 0.4) is 0 Å². The quantitative estimate of drug-likeness (QED) is 0.549. The van der Waals surface area contributed by atoms with Gasteiger partial charge in [0.2, 0.25) is 11.9 Å². The molecular weight excluding hydrogens is 397 g/mol. The van der Waals surface area contributed by atoms with Crippen molar-refractivity contribution in [1.29, 1.82) is 0 Å². The molecule has 3 aromatic heterocycles. The van der Waals surface area contributed by atoms with Gasteiger partial charge in [-0.2, -0.15) is 0 Å². The van der Waals surface area contributed by atoms with Crippen LogP contribution in [0.2, 0.25) is 0 Å². The van der Waals surface area contributed by atoms with E-state index in [1.165, 1.54) is 0 Å². The van der Waals surface area contributed by atoms with Gasteiger partial charge >= 0.3 is 0 Å². The second kappa shape index (κ2) is 7.75. The van der Waals surface area contributed by atoms with Gasteiger partial charge in [0, 0.05) is 36.3 Å². The number of benzene rings is 1. The van der Waals surface area contributed by atoms with Gasteiger partial charge in [-0.3, -0.25) is 4.79 Å². The lowest BCUT2D eigenvalue weighted by Gasteiger charge is -2.23. The lowest BCUT2D eigenvalue weighted by Crippen LogP contribution is -2.40. The summed E-state index contributed by atoms with van der Waals surface area (Å²) in [6.07, 6.45) is 5.75. The van der Waals surface area contributed by atoms with Crippen molar-refractivity contribution in [2.45, 2.75) is 25.6 Å². The highest BCUT2D eigenvalue weighted by Crippen LogP contribution is 2.27. The van der Waals surface area contributed by atoms with E-state index in [1.54, 1.807) is 34.1 Å². The average Bonchev–Trinajstić information content (AvgIpc) is 3.41. The molecule has 1 N–H and O–H groups in total. The molecule has 0 radical (unpaired) electrons. The highest BCUT2D eigenvalue weighted by molar-refractivity contribution is 5.97. The fourth-order valence-electron chi connectivity index (χ4n) is 3.82. The van der Waals surface area contributed by atoms with Crippen molar-refractivity contribution < 1.29 is 9.18 Å². The van der Waals surface area contributed by atoms with Crippen molar-refractivity contribution >= 4 is 23.1 Å². The third-order valence-electron chi connectivity index (χ3n) is 5.39. The van der Waals surface area contributed by atoms with E-state index in [-0.39, 0.29) is 18.9 Å². The zero-order valence-electron chi connectivity index (χ0n) is 16.8. The first kappa shape index (κ1) is 19.1. The standard InChI is InChI=1S/C22H20FN7O/c1-14-5-6-16(11-18(14)20-26-12-17-4-2-9-30(17)28-20)27-21(31)19-10-15(23)13-29(19)22-24-7-3-8-25-22/h2-9,11-12,15,19H,10,13H2,1H3,(H,27,31)/t15-,19-/m0/s1. The predicted octanol–water partition coefficient (Wildman–Crippen LogP) is 3.05. The molecule has 1 aliphatic heterocycles. The molecule has 0 spiro atoms. The monoisotopic (exact) mass is 417 g/mol. The summed E-state index contributed by atoms with van der Waals surface area (Å²) in [6, 6.07) is 10.4. The number of anilines is 2. The van der Waals surface area contributed by atoms with E-state index in [0.717, 1.165) is 16.6 Å². The number of alkyl halides is 1. The normalized spacial score (nSPS) is 18.5. The maximum atomic E-state index is 14.2. The Morgan fingerprint density at radius 2 is 2.00 bits per heavy atom. The molecule has 8 nitrogen and oxygen atoms in total. The van der Waals surface area contributed by atoms with Crippen molar-refractivity contribution in [3.8, 4) is 11.4 Å². The molecule has 31 heavy (non-hydrogen) atoms. The number of hydrogen-bond acceptors (Lipinski definition) is 6. The van der Waals surface area contributed by atoms with Crippen molar-refractivity contribution in [3.05, 3.63) is 66.7 Å². The van der Waals surface area contributed by atoms with Crippen LogP contribution in [0.1, 0.15) is 12.0 Å². The number of aromatic nitrogens is 5. The molecule has 156 valence electrons. The molecule has 1 saturated heterocycles. The lowest BCUT2D eigenvalue weighted by molar-refractivity contribution is -0.117. The second-order valence-electron chi connectivity index (χ2n) is 7.53. The van der Waals surface area contributed by atoms with Crippen molar-refractivity contribution in [3.63, 3.8) is 0 Å².